The Labute approximate surface area is 252 Å². The molecule has 0 aliphatic heterocycles. The molecule has 0 spiro atoms. The van der Waals surface area contributed by atoms with Crippen LogP contribution in [0.3, 0.4) is 0 Å². The van der Waals surface area contributed by atoms with Crippen LogP contribution >= 0.6 is 0 Å². The molecule has 0 saturated heterocycles. The second kappa shape index (κ2) is 13.3. The van der Waals surface area contributed by atoms with Crippen molar-refractivity contribution >= 4 is 5.78 Å². The van der Waals surface area contributed by atoms with Gasteiger partial charge in [-0.25, -0.2) is 0 Å². The van der Waals surface area contributed by atoms with Crippen LogP contribution in [0.1, 0.15) is 77.3 Å². The topological polar surface area (TPSA) is 74.2 Å². The molecule has 0 amide bonds. The predicted molar refractivity (Wildman–Crippen MR) is 162 cm³/mol. The fraction of sp³-hybridized carbons (Fsp3) is 0.639. The Balaban J connectivity index is 1.31. The lowest BCUT2D eigenvalue weighted by atomic mass is 9.43. The van der Waals surface area contributed by atoms with Crippen molar-refractivity contribution in [2.24, 2.45) is 34.0 Å². The highest BCUT2D eigenvalue weighted by atomic mass is 16.7. The molecule has 1 unspecified atom stereocenters. The minimum atomic E-state index is -0.642. The molecular formula is C36H50O6. The van der Waals surface area contributed by atoms with Gasteiger partial charge in [-0.2, -0.15) is 0 Å². The van der Waals surface area contributed by atoms with E-state index in [0.717, 1.165) is 36.8 Å². The van der Waals surface area contributed by atoms with E-state index in [0.29, 0.717) is 38.4 Å². The lowest BCUT2D eigenvalue weighted by Crippen LogP contribution is -2.64. The van der Waals surface area contributed by atoms with E-state index >= 15 is 0 Å². The molecule has 2 bridgehead atoms. The number of Topliss-reactive ketones (excluding diaryl/α,β-unsaturated/α-hetero) is 1. The van der Waals surface area contributed by atoms with E-state index in [-0.39, 0.29) is 48.3 Å². The normalized spacial score (nSPS) is 36.3. The Hall–Kier alpha value is -2.09. The molecule has 0 aromatic heterocycles. The SMILES string of the molecule is CC[C@@]1(C)C[C@@H](O)[C@@]2(C)C3C(=O)CC[C@@]3(CC[C@H]2COCOCc2ccccc2)[C@H](C)[C@@H]1OCOCc1ccccc1. The Kier molecular flexibility index (Phi) is 9.90. The van der Waals surface area contributed by atoms with Gasteiger partial charge >= 0.3 is 0 Å². The first-order chi connectivity index (χ1) is 20.2. The molecular weight excluding hydrogens is 528 g/mol. The van der Waals surface area contributed by atoms with E-state index in [1.807, 2.05) is 48.5 Å². The van der Waals surface area contributed by atoms with E-state index in [2.05, 4.69) is 39.8 Å². The number of rotatable bonds is 12. The van der Waals surface area contributed by atoms with E-state index < -0.39 is 11.5 Å². The van der Waals surface area contributed by atoms with Crippen LogP contribution in [0.5, 0.6) is 0 Å². The summed E-state index contributed by atoms with van der Waals surface area (Å²) in [5.41, 5.74) is 1.19. The first-order valence-corrected chi connectivity index (χ1v) is 15.9. The Morgan fingerprint density at radius 1 is 0.881 bits per heavy atom. The largest absolute Gasteiger partial charge is 0.393 e. The average Bonchev–Trinajstić information content (AvgIpc) is 3.36. The molecule has 0 heterocycles. The number of benzene rings is 2. The first-order valence-electron chi connectivity index (χ1n) is 15.9. The molecule has 3 saturated carbocycles. The summed E-state index contributed by atoms with van der Waals surface area (Å²) in [6.45, 7) is 10.8. The van der Waals surface area contributed by atoms with Gasteiger partial charge in [0.1, 0.15) is 19.4 Å². The van der Waals surface area contributed by atoms with Gasteiger partial charge in [-0.05, 0) is 65.9 Å². The van der Waals surface area contributed by atoms with Crippen molar-refractivity contribution in [1.29, 1.82) is 0 Å². The monoisotopic (exact) mass is 578 g/mol. The number of ether oxygens (including phenoxy) is 4. The van der Waals surface area contributed by atoms with Gasteiger partial charge in [0.05, 0.1) is 32.0 Å². The van der Waals surface area contributed by atoms with Crippen molar-refractivity contribution < 1.29 is 28.8 Å². The molecule has 8 atom stereocenters. The number of carbonyl (C=O) groups is 1. The average molecular weight is 579 g/mol. The summed E-state index contributed by atoms with van der Waals surface area (Å²) in [6.07, 6.45) is 3.98. The zero-order valence-corrected chi connectivity index (χ0v) is 25.9. The highest BCUT2D eigenvalue weighted by molar-refractivity contribution is 5.85. The van der Waals surface area contributed by atoms with Gasteiger partial charge in [-0.15, -0.1) is 0 Å². The summed E-state index contributed by atoms with van der Waals surface area (Å²) < 4.78 is 24.5. The van der Waals surface area contributed by atoms with Gasteiger partial charge in [0.2, 0.25) is 0 Å². The second-order valence-electron chi connectivity index (χ2n) is 13.6. The minimum Gasteiger partial charge on any atom is -0.393 e. The van der Waals surface area contributed by atoms with Crippen LogP contribution in [0.15, 0.2) is 60.7 Å². The maximum atomic E-state index is 13.8. The van der Waals surface area contributed by atoms with Crippen molar-refractivity contribution in [3.05, 3.63) is 71.8 Å². The summed E-state index contributed by atoms with van der Waals surface area (Å²) in [5, 5.41) is 12.1. The van der Waals surface area contributed by atoms with Crippen molar-refractivity contribution in [3.63, 3.8) is 0 Å². The van der Waals surface area contributed by atoms with Crippen LogP contribution in [-0.2, 0) is 37.0 Å². The van der Waals surface area contributed by atoms with Gasteiger partial charge in [0.15, 0.2) is 0 Å². The molecule has 5 rings (SSSR count). The summed E-state index contributed by atoms with van der Waals surface area (Å²) in [5.74, 6) is 0.322. The quantitative estimate of drug-likeness (QED) is 0.217. The molecule has 0 radical (unpaired) electrons. The van der Waals surface area contributed by atoms with Gasteiger partial charge in [-0.1, -0.05) is 88.4 Å². The van der Waals surface area contributed by atoms with Crippen LogP contribution in [0, 0.1) is 34.0 Å². The van der Waals surface area contributed by atoms with Gasteiger partial charge in [0, 0.05) is 17.8 Å². The molecule has 3 fully saturated rings. The van der Waals surface area contributed by atoms with Crippen LogP contribution < -0.4 is 0 Å². The third-order valence-electron chi connectivity index (χ3n) is 11.5. The number of ketones is 1. The van der Waals surface area contributed by atoms with Crippen LogP contribution in [0.2, 0.25) is 0 Å². The summed E-state index contributed by atoms with van der Waals surface area (Å²) in [7, 11) is 0. The van der Waals surface area contributed by atoms with E-state index in [9.17, 15) is 9.90 Å². The fourth-order valence-corrected chi connectivity index (χ4v) is 8.85. The smallest absolute Gasteiger partial charge is 0.147 e. The predicted octanol–water partition coefficient (Wildman–Crippen LogP) is 6.94. The summed E-state index contributed by atoms with van der Waals surface area (Å²) in [4.78, 5) is 13.8. The fourth-order valence-electron chi connectivity index (χ4n) is 8.85. The van der Waals surface area contributed by atoms with Gasteiger partial charge in [-0.3, -0.25) is 4.79 Å². The zero-order valence-electron chi connectivity index (χ0n) is 25.9. The molecule has 1 N–H and O–H groups in total. The zero-order chi connectivity index (χ0) is 29.8. The number of hydrogen-bond donors (Lipinski definition) is 1. The highest BCUT2D eigenvalue weighted by Crippen LogP contribution is 2.68. The standard InChI is InChI=1S/C36H50O6/c1-5-34(3)20-31(38)35(4)29(23-41-24-39-21-27-12-8-6-9-13-27)16-18-36(19-17-30(37)32(35)36)26(2)33(34)42-25-40-22-28-14-10-7-11-15-28/h6-15,26,29,31-33,38H,5,16-25H2,1-4H3/t26-,29+,31-,32?,33+,34+,35+,36+/m1/s1. The lowest BCUT2D eigenvalue weighted by Gasteiger charge is -2.62. The molecule has 3 aliphatic rings. The Bertz CT molecular complexity index is 1160. The third-order valence-corrected chi connectivity index (χ3v) is 11.5. The van der Waals surface area contributed by atoms with Gasteiger partial charge in [0.25, 0.3) is 0 Å². The Morgan fingerprint density at radius 2 is 1.50 bits per heavy atom. The molecule has 230 valence electrons. The molecule has 3 aliphatic carbocycles. The molecule has 6 nitrogen and oxygen atoms in total. The number of aliphatic hydroxyl groups excluding tert-OH is 1. The van der Waals surface area contributed by atoms with Crippen LogP contribution in [0.25, 0.3) is 0 Å². The summed E-state index contributed by atoms with van der Waals surface area (Å²) >= 11 is 0. The van der Waals surface area contributed by atoms with Crippen LogP contribution in [0.4, 0.5) is 0 Å². The maximum Gasteiger partial charge on any atom is 0.147 e. The van der Waals surface area contributed by atoms with Crippen molar-refractivity contribution in [1.82, 2.24) is 0 Å². The molecule has 2 aromatic carbocycles. The Morgan fingerprint density at radius 3 is 2.12 bits per heavy atom. The van der Waals surface area contributed by atoms with E-state index in [1.165, 1.54) is 0 Å². The second-order valence-corrected chi connectivity index (χ2v) is 13.6. The lowest BCUT2D eigenvalue weighted by molar-refractivity contribution is -0.234. The number of carbonyl (C=O) groups excluding carboxylic acids is 1. The van der Waals surface area contributed by atoms with E-state index in [4.69, 9.17) is 18.9 Å². The first kappa shape index (κ1) is 31.3. The number of hydrogen-bond acceptors (Lipinski definition) is 6. The van der Waals surface area contributed by atoms with Crippen molar-refractivity contribution in [2.45, 2.75) is 91.6 Å². The number of aliphatic hydroxyl groups is 1. The van der Waals surface area contributed by atoms with Crippen molar-refractivity contribution in [3.8, 4) is 0 Å². The highest BCUT2D eigenvalue weighted by Gasteiger charge is 2.68. The third kappa shape index (κ3) is 5.98. The van der Waals surface area contributed by atoms with Gasteiger partial charge < -0.3 is 24.1 Å². The minimum absolute atomic E-state index is 0.0768. The van der Waals surface area contributed by atoms with Crippen molar-refractivity contribution in [2.75, 3.05) is 20.2 Å². The van der Waals surface area contributed by atoms with Crippen LogP contribution in [-0.4, -0.2) is 43.3 Å². The maximum absolute atomic E-state index is 13.8. The van der Waals surface area contributed by atoms with E-state index in [1.54, 1.807) is 0 Å². The molecule has 2 aromatic rings. The molecule has 42 heavy (non-hydrogen) atoms. The molecule has 6 heteroatoms. The summed E-state index contributed by atoms with van der Waals surface area (Å²) in [6, 6.07) is 20.2.